The van der Waals surface area contributed by atoms with Crippen molar-refractivity contribution in [1.82, 2.24) is 0 Å². The van der Waals surface area contributed by atoms with Gasteiger partial charge in [-0.1, -0.05) is 0 Å². The number of rotatable bonds is 4. The first-order valence-corrected chi connectivity index (χ1v) is 6.15. The molecule has 1 aliphatic heterocycles. The maximum absolute atomic E-state index is 12.0. The Morgan fingerprint density at radius 3 is 2.95 bits per heavy atom. The summed E-state index contributed by atoms with van der Waals surface area (Å²) in [5.74, 6) is -0.443. The molecule has 1 atom stereocenters. The highest BCUT2D eigenvalue weighted by molar-refractivity contribution is 6.00. The van der Waals surface area contributed by atoms with Gasteiger partial charge in [0.25, 0.3) is 5.69 Å². The van der Waals surface area contributed by atoms with Gasteiger partial charge in [0.1, 0.15) is 11.9 Å². The van der Waals surface area contributed by atoms with E-state index in [0.717, 1.165) is 0 Å². The minimum Gasteiger partial charge on any atom is -0.489 e. The van der Waals surface area contributed by atoms with Crippen molar-refractivity contribution in [3.63, 3.8) is 0 Å². The second-order valence-electron chi connectivity index (χ2n) is 4.31. The van der Waals surface area contributed by atoms with Crippen LogP contribution in [0.25, 0.3) is 0 Å². The van der Waals surface area contributed by atoms with E-state index in [-0.39, 0.29) is 42.2 Å². The molecule has 7 heteroatoms. The molecular formula is C13H13NO6. The quantitative estimate of drug-likeness (QED) is 0.474. The Morgan fingerprint density at radius 1 is 1.55 bits per heavy atom. The summed E-state index contributed by atoms with van der Waals surface area (Å²) in [6.07, 6.45) is -0.598. The van der Waals surface area contributed by atoms with E-state index in [9.17, 15) is 19.7 Å². The van der Waals surface area contributed by atoms with Crippen molar-refractivity contribution in [2.24, 2.45) is 0 Å². The Kier molecular flexibility index (Phi) is 3.97. The third-order valence-corrected chi connectivity index (χ3v) is 2.88. The standard InChI is InChI=1S/C13H13NO6/c1-2-19-13(16)7-9-6-11(15)10-5-8(14(17)18)3-4-12(10)20-9/h3-5,9H,2,6-7H2,1H3/t9-/m0/s1. The molecular weight excluding hydrogens is 266 g/mol. The summed E-state index contributed by atoms with van der Waals surface area (Å²) >= 11 is 0. The van der Waals surface area contributed by atoms with E-state index >= 15 is 0 Å². The number of non-ortho nitro benzene ring substituents is 1. The number of hydrogen-bond donors (Lipinski definition) is 0. The average Bonchev–Trinajstić information content (AvgIpc) is 2.38. The lowest BCUT2D eigenvalue weighted by Gasteiger charge is -2.24. The molecule has 0 spiro atoms. The monoisotopic (exact) mass is 279 g/mol. The number of ether oxygens (including phenoxy) is 2. The van der Waals surface area contributed by atoms with Gasteiger partial charge in [-0.15, -0.1) is 0 Å². The summed E-state index contributed by atoms with van der Waals surface area (Å²) in [4.78, 5) is 33.4. The van der Waals surface area contributed by atoms with Crippen LogP contribution in [0.5, 0.6) is 5.75 Å². The van der Waals surface area contributed by atoms with Crippen molar-refractivity contribution in [2.75, 3.05) is 6.61 Å². The van der Waals surface area contributed by atoms with E-state index in [0.29, 0.717) is 0 Å². The molecule has 2 rings (SSSR count). The maximum atomic E-state index is 12.0. The van der Waals surface area contributed by atoms with Gasteiger partial charge < -0.3 is 9.47 Å². The molecule has 1 aromatic carbocycles. The van der Waals surface area contributed by atoms with Crippen molar-refractivity contribution in [3.05, 3.63) is 33.9 Å². The number of fused-ring (bicyclic) bond motifs is 1. The fourth-order valence-corrected chi connectivity index (χ4v) is 2.01. The smallest absolute Gasteiger partial charge is 0.309 e. The third kappa shape index (κ3) is 2.93. The van der Waals surface area contributed by atoms with Crippen molar-refractivity contribution in [2.45, 2.75) is 25.9 Å². The van der Waals surface area contributed by atoms with Crippen LogP contribution in [0.3, 0.4) is 0 Å². The van der Waals surface area contributed by atoms with Crippen LogP contribution in [0, 0.1) is 10.1 Å². The van der Waals surface area contributed by atoms with Crippen LogP contribution in [0.15, 0.2) is 18.2 Å². The Morgan fingerprint density at radius 2 is 2.30 bits per heavy atom. The van der Waals surface area contributed by atoms with Gasteiger partial charge >= 0.3 is 5.97 Å². The van der Waals surface area contributed by atoms with Gasteiger partial charge in [-0.2, -0.15) is 0 Å². The number of carbonyl (C=O) groups is 2. The Bertz CT molecular complexity index is 568. The van der Waals surface area contributed by atoms with Crippen LogP contribution in [0.2, 0.25) is 0 Å². The fraction of sp³-hybridized carbons (Fsp3) is 0.385. The van der Waals surface area contributed by atoms with Crippen molar-refractivity contribution < 1.29 is 24.0 Å². The normalized spacial score (nSPS) is 17.1. The lowest BCUT2D eigenvalue weighted by Crippen LogP contribution is -2.29. The molecule has 0 fully saturated rings. The number of hydrogen-bond acceptors (Lipinski definition) is 6. The van der Waals surface area contributed by atoms with Crippen LogP contribution in [-0.2, 0) is 9.53 Å². The summed E-state index contributed by atoms with van der Waals surface area (Å²) in [6.45, 7) is 1.96. The molecule has 1 aliphatic rings. The molecule has 7 nitrogen and oxygen atoms in total. The molecule has 0 radical (unpaired) electrons. The lowest BCUT2D eigenvalue weighted by atomic mass is 9.98. The predicted molar refractivity (Wildman–Crippen MR) is 67.7 cm³/mol. The molecule has 0 aromatic heterocycles. The number of benzene rings is 1. The zero-order valence-corrected chi connectivity index (χ0v) is 10.8. The van der Waals surface area contributed by atoms with Gasteiger partial charge in [0.2, 0.25) is 0 Å². The highest BCUT2D eigenvalue weighted by Gasteiger charge is 2.29. The highest BCUT2D eigenvalue weighted by atomic mass is 16.6. The van der Waals surface area contributed by atoms with Crippen molar-refractivity contribution in [3.8, 4) is 5.75 Å². The SMILES string of the molecule is CCOC(=O)C[C@@H]1CC(=O)c2cc([N+](=O)[O-])ccc2O1. The first-order chi connectivity index (χ1) is 9.51. The van der Waals surface area contributed by atoms with E-state index in [1.54, 1.807) is 6.92 Å². The molecule has 0 N–H and O–H groups in total. The maximum Gasteiger partial charge on any atom is 0.309 e. The lowest BCUT2D eigenvalue weighted by molar-refractivity contribution is -0.384. The van der Waals surface area contributed by atoms with Crippen LogP contribution < -0.4 is 4.74 Å². The predicted octanol–water partition coefficient (Wildman–Crippen LogP) is 1.88. The van der Waals surface area contributed by atoms with E-state index in [2.05, 4.69) is 0 Å². The van der Waals surface area contributed by atoms with E-state index in [1.807, 2.05) is 0 Å². The van der Waals surface area contributed by atoms with E-state index < -0.39 is 17.0 Å². The first-order valence-electron chi connectivity index (χ1n) is 6.15. The average molecular weight is 279 g/mol. The molecule has 106 valence electrons. The molecule has 1 heterocycles. The zero-order valence-electron chi connectivity index (χ0n) is 10.8. The van der Waals surface area contributed by atoms with E-state index in [4.69, 9.17) is 9.47 Å². The molecule has 0 bridgehead atoms. The van der Waals surface area contributed by atoms with E-state index in [1.165, 1.54) is 18.2 Å². The van der Waals surface area contributed by atoms with Gasteiger partial charge in [-0.25, -0.2) is 0 Å². The summed E-state index contributed by atoms with van der Waals surface area (Å²) in [5, 5.41) is 10.7. The first kappa shape index (κ1) is 14.0. The second kappa shape index (κ2) is 5.68. The third-order valence-electron chi connectivity index (χ3n) is 2.88. The van der Waals surface area contributed by atoms with Crippen LogP contribution in [0.1, 0.15) is 30.1 Å². The summed E-state index contributed by atoms with van der Waals surface area (Å²) < 4.78 is 10.3. The van der Waals surface area contributed by atoms with Crippen molar-refractivity contribution >= 4 is 17.4 Å². The molecule has 0 saturated carbocycles. The van der Waals surface area contributed by atoms with Crippen LogP contribution in [0.4, 0.5) is 5.69 Å². The number of carbonyl (C=O) groups excluding carboxylic acids is 2. The van der Waals surface area contributed by atoms with Crippen LogP contribution in [-0.4, -0.2) is 29.4 Å². The second-order valence-corrected chi connectivity index (χ2v) is 4.31. The number of Topliss-reactive ketones (excluding diaryl/α,β-unsaturated/α-hetero) is 1. The Hall–Kier alpha value is -2.44. The minimum atomic E-state index is -0.587. The number of nitro groups is 1. The number of ketones is 1. The molecule has 20 heavy (non-hydrogen) atoms. The Balaban J connectivity index is 2.16. The Labute approximate surface area is 114 Å². The largest absolute Gasteiger partial charge is 0.489 e. The van der Waals surface area contributed by atoms with Gasteiger partial charge in [-0.3, -0.25) is 19.7 Å². The molecule has 0 unspecified atom stereocenters. The number of nitro benzene ring substituents is 1. The molecule has 0 amide bonds. The summed E-state index contributed by atoms with van der Waals surface area (Å²) in [6, 6.07) is 3.83. The zero-order chi connectivity index (χ0) is 14.7. The van der Waals surface area contributed by atoms with Crippen LogP contribution >= 0.6 is 0 Å². The molecule has 0 saturated heterocycles. The van der Waals surface area contributed by atoms with Gasteiger partial charge in [0.05, 0.1) is 23.5 Å². The summed E-state index contributed by atoms with van der Waals surface area (Å²) in [7, 11) is 0. The fourth-order valence-electron chi connectivity index (χ4n) is 2.01. The van der Waals surface area contributed by atoms with Gasteiger partial charge in [0.15, 0.2) is 5.78 Å². The number of esters is 1. The van der Waals surface area contributed by atoms with Gasteiger partial charge in [-0.05, 0) is 13.0 Å². The molecule has 0 aliphatic carbocycles. The summed E-state index contributed by atoms with van der Waals surface area (Å²) in [5.41, 5.74) is 0.0175. The van der Waals surface area contributed by atoms with Crippen molar-refractivity contribution in [1.29, 1.82) is 0 Å². The topological polar surface area (TPSA) is 95.7 Å². The minimum absolute atomic E-state index is 0.00693. The number of nitrogens with zero attached hydrogens (tertiary/aromatic N) is 1. The van der Waals surface area contributed by atoms with Gasteiger partial charge in [0, 0.05) is 18.6 Å². The highest BCUT2D eigenvalue weighted by Crippen LogP contribution is 2.31. The molecule has 1 aromatic rings.